The third-order valence-electron chi connectivity index (χ3n) is 4.15. The van der Waals surface area contributed by atoms with E-state index in [1.165, 1.54) is 22.8 Å². The first-order valence-electron chi connectivity index (χ1n) is 9.82. The third kappa shape index (κ3) is 16.3. The molecule has 0 heterocycles. The van der Waals surface area contributed by atoms with Gasteiger partial charge in [-0.3, -0.25) is 0 Å². The molecule has 0 saturated heterocycles. The first-order chi connectivity index (χ1) is 12.7. The van der Waals surface area contributed by atoms with Crippen molar-refractivity contribution < 1.29 is 19.7 Å². The average Bonchev–Trinajstić information content (AvgIpc) is 2.59. The number of aliphatic hydroxyl groups excluding tert-OH is 2. The Hall–Kier alpha value is -1.65. The van der Waals surface area contributed by atoms with Crippen LogP contribution in [0, 0.1) is 0 Å². The molecule has 4 heteroatoms. The van der Waals surface area contributed by atoms with Crippen molar-refractivity contribution in [1.29, 1.82) is 0 Å². The van der Waals surface area contributed by atoms with Crippen molar-refractivity contribution in [3.8, 4) is 0 Å². The van der Waals surface area contributed by atoms with E-state index in [1.807, 2.05) is 6.92 Å². The second-order valence-electron chi connectivity index (χ2n) is 7.46. The molecule has 154 valence electrons. The van der Waals surface area contributed by atoms with E-state index in [9.17, 15) is 4.79 Å². The highest BCUT2D eigenvalue weighted by molar-refractivity contribution is 5.82. The molecular weight excluding hydrogens is 342 g/mol. The molecule has 0 aliphatic rings. The Morgan fingerprint density at radius 1 is 0.852 bits per heavy atom. The molecule has 1 atom stereocenters. The van der Waals surface area contributed by atoms with E-state index < -0.39 is 18.7 Å². The predicted molar refractivity (Wildman–Crippen MR) is 112 cm³/mol. The summed E-state index contributed by atoms with van der Waals surface area (Å²) in [5.41, 5.74) is 5.13. The van der Waals surface area contributed by atoms with E-state index in [2.05, 4.69) is 45.9 Å². The largest absolute Gasteiger partial charge is 0.460 e. The van der Waals surface area contributed by atoms with Crippen LogP contribution in [0.15, 0.2) is 46.6 Å². The molecule has 2 N–H and O–H groups in total. The van der Waals surface area contributed by atoms with Crippen LogP contribution in [0.2, 0.25) is 0 Å². The van der Waals surface area contributed by atoms with Crippen molar-refractivity contribution in [3.63, 3.8) is 0 Å². The minimum atomic E-state index is -1.02. The first kappa shape index (κ1) is 25.4. The summed E-state index contributed by atoms with van der Waals surface area (Å²) in [7, 11) is 0. The van der Waals surface area contributed by atoms with Gasteiger partial charge < -0.3 is 14.9 Å². The average molecular weight is 381 g/mol. The molecule has 0 unspecified atom stereocenters. The van der Waals surface area contributed by atoms with Gasteiger partial charge in [0.25, 0.3) is 0 Å². The molecule has 0 aromatic heterocycles. The van der Waals surface area contributed by atoms with Gasteiger partial charge in [0.05, 0.1) is 6.61 Å². The lowest BCUT2D eigenvalue weighted by Crippen LogP contribution is -2.21. The summed E-state index contributed by atoms with van der Waals surface area (Å²) in [6, 6.07) is 0. The van der Waals surface area contributed by atoms with Gasteiger partial charge in [0.1, 0.15) is 12.7 Å². The molecule has 4 nitrogen and oxygen atoms in total. The Morgan fingerprint density at radius 2 is 1.33 bits per heavy atom. The molecule has 0 radical (unpaired) electrons. The van der Waals surface area contributed by atoms with E-state index in [-0.39, 0.29) is 6.61 Å². The highest BCUT2D eigenvalue weighted by Gasteiger charge is 2.05. The maximum atomic E-state index is 11.6. The van der Waals surface area contributed by atoms with Gasteiger partial charge in [-0.1, -0.05) is 40.5 Å². The monoisotopic (exact) mass is 380 g/mol. The van der Waals surface area contributed by atoms with Crippen LogP contribution in [0.1, 0.15) is 73.1 Å². The Bertz CT molecular complexity index is 549. The van der Waals surface area contributed by atoms with Crippen LogP contribution in [0.5, 0.6) is 0 Å². The van der Waals surface area contributed by atoms with Crippen molar-refractivity contribution in [2.24, 2.45) is 0 Å². The maximum absolute atomic E-state index is 11.6. The van der Waals surface area contributed by atoms with Crippen LogP contribution in [-0.4, -0.2) is 35.5 Å². The molecule has 0 amide bonds. The number of allylic oxidation sites excluding steroid dienone is 7. The summed E-state index contributed by atoms with van der Waals surface area (Å²) in [6.07, 6.45) is 13.3. The standard InChI is InChI=1S/C23H38O4/c1-18(2)9-6-10-19(3)11-7-12-20(4)13-8-14-21(5)15-23(26)27-17-22(25)16-24/h9,11,13,15,22,24-25H,6-8,10,12,14,16-17H2,1-5H3/b19-11+,20-13+,21-15+/t22-/m0/s1/i5+1,21+1. The van der Waals surface area contributed by atoms with Crippen LogP contribution in [0.25, 0.3) is 0 Å². The van der Waals surface area contributed by atoms with Crippen molar-refractivity contribution in [2.45, 2.75) is 79.2 Å². The van der Waals surface area contributed by atoms with Gasteiger partial charge in [0, 0.05) is 6.08 Å². The highest BCUT2D eigenvalue weighted by atomic mass is 16.5. The van der Waals surface area contributed by atoms with Gasteiger partial charge in [-0.05, 0) is 73.1 Å². The summed E-state index contributed by atoms with van der Waals surface area (Å²) >= 11 is 0. The molecule has 0 saturated carbocycles. The van der Waals surface area contributed by atoms with Crippen molar-refractivity contribution in [1.82, 2.24) is 0 Å². The number of hydrogen-bond donors (Lipinski definition) is 2. The molecule has 0 rings (SSSR count). The minimum absolute atomic E-state index is 0.181. The van der Waals surface area contributed by atoms with Crippen molar-refractivity contribution >= 4 is 5.97 Å². The molecule has 0 aromatic rings. The first-order valence-corrected chi connectivity index (χ1v) is 9.82. The Kier molecular flexibility index (Phi) is 14.5. The molecule has 0 spiro atoms. The Balaban J connectivity index is 4.11. The van der Waals surface area contributed by atoms with Crippen LogP contribution >= 0.6 is 0 Å². The fourth-order valence-corrected chi connectivity index (χ4v) is 2.43. The zero-order chi connectivity index (χ0) is 20.7. The second-order valence-corrected chi connectivity index (χ2v) is 7.46. The zero-order valence-electron chi connectivity index (χ0n) is 17.8. The number of hydrogen-bond acceptors (Lipinski definition) is 4. The summed E-state index contributed by atoms with van der Waals surface area (Å²) < 4.78 is 4.86. The lowest BCUT2D eigenvalue weighted by Gasteiger charge is -2.07. The van der Waals surface area contributed by atoms with E-state index in [1.54, 1.807) is 0 Å². The number of aliphatic hydroxyl groups is 2. The molecular formula is C23H38O4. The van der Waals surface area contributed by atoms with Crippen LogP contribution < -0.4 is 0 Å². The van der Waals surface area contributed by atoms with Gasteiger partial charge in [-0.2, -0.15) is 0 Å². The van der Waals surface area contributed by atoms with Crippen LogP contribution in [0.3, 0.4) is 0 Å². The lowest BCUT2D eigenvalue weighted by atomic mass is 10.1. The topological polar surface area (TPSA) is 66.8 Å². The normalized spacial score (nSPS) is 14.1. The van der Waals surface area contributed by atoms with Crippen molar-refractivity contribution in [2.75, 3.05) is 13.2 Å². The van der Waals surface area contributed by atoms with Gasteiger partial charge in [0.2, 0.25) is 0 Å². The number of carbonyl (C=O) groups excluding carboxylic acids is 1. The number of rotatable bonds is 13. The minimum Gasteiger partial charge on any atom is -0.460 e. The molecule has 0 aliphatic carbocycles. The molecule has 0 bridgehead atoms. The SMILES string of the molecule is CC(C)=CCC/C(C)=C/CC/C(C)=C/CC/[13C]([13CH3])=C/C(=O)OC[C@@H](O)CO. The van der Waals surface area contributed by atoms with Crippen molar-refractivity contribution in [3.05, 3.63) is 46.6 Å². The zero-order valence-corrected chi connectivity index (χ0v) is 17.8. The van der Waals surface area contributed by atoms with Gasteiger partial charge in [-0.25, -0.2) is 4.79 Å². The lowest BCUT2D eigenvalue weighted by molar-refractivity contribution is -0.141. The highest BCUT2D eigenvalue weighted by Crippen LogP contribution is 2.13. The third-order valence-corrected chi connectivity index (χ3v) is 4.15. The Morgan fingerprint density at radius 3 is 1.81 bits per heavy atom. The maximum Gasteiger partial charge on any atom is 0.330 e. The number of carbonyl (C=O) groups is 1. The van der Waals surface area contributed by atoms with Gasteiger partial charge in [-0.15, -0.1) is 0 Å². The molecule has 0 aliphatic heterocycles. The van der Waals surface area contributed by atoms with E-state index >= 15 is 0 Å². The summed E-state index contributed by atoms with van der Waals surface area (Å²) in [6.45, 7) is 9.92. The molecule has 0 aromatic carbocycles. The molecule has 0 fully saturated rings. The second kappa shape index (κ2) is 15.4. The summed E-state index contributed by atoms with van der Waals surface area (Å²) in [5.74, 6) is -0.477. The smallest absolute Gasteiger partial charge is 0.330 e. The number of ether oxygens (including phenoxy) is 1. The fraction of sp³-hybridized carbons (Fsp3) is 0.609. The predicted octanol–water partition coefficient (Wildman–Crippen LogP) is 5.03. The Labute approximate surface area is 165 Å². The van der Waals surface area contributed by atoms with Crippen LogP contribution in [-0.2, 0) is 9.53 Å². The summed E-state index contributed by atoms with van der Waals surface area (Å²) in [5, 5.41) is 17.8. The molecule has 27 heavy (non-hydrogen) atoms. The van der Waals surface area contributed by atoms with E-state index in [0.29, 0.717) is 0 Å². The van der Waals surface area contributed by atoms with Crippen LogP contribution in [0.4, 0.5) is 0 Å². The van der Waals surface area contributed by atoms with Gasteiger partial charge in [0.15, 0.2) is 0 Å². The number of esters is 1. The quantitative estimate of drug-likeness (QED) is 0.204. The van der Waals surface area contributed by atoms with Gasteiger partial charge >= 0.3 is 5.97 Å². The van der Waals surface area contributed by atoms with E-state index in [0.717, 1.165) is 44.1 Å². The summed E-state index contributed by atoms with van der Waals surface area (Å²) in [4.78, 5) is 11.6. The van der Waals surface area contributed by atoms with E-state index in [4.69, 9.17) is 14.9 Å². The fourth-order valence-electron chi connectivity index (χ4n) is 2.43.